The Bertz CT molecular complexity index is 777. The molecule has 2 aromatic carbocycles. The van der Waals surface area contributed by atoms with Gasteiger partial charge in [-0.3, -0.25) is 0 Å². The summed E-state index contributed by atoms with van der Waals surface area (Å²) in [4.78, 5) is 0. The molecule has 2 unspecified atom stereocenters. The molecule has 3 heteroatoms. The van der Waals surface area contributed by atoms with Crippen molar-refractivity contribution in [1.82, 2.24) is 0 Å². The molecule has 1 aliphatic rings. The van der Waals surface area contributed by atoms with Crippen molar-refractivity contribution in [1.29, 1.82) is 0 Å². The summed E-state index contributed by atoms with van der Waals surface area (Å²) in [5.41, 5.74) is 8.93. The Morgan fingerprint density at radius 3 is 2.81 bits per heavy atom. The zero-order chi connectivity index (χ0) is 14.2. The van der Waals surface area contributed by atoms with Gasteiger partial charge >= 0.3 is 0 Å². The van der Waals surface area contributed by atoms with E-state index in [1.165, 1.54) is 35.7 Å². The largest absolute Gasteiger partial charge is 0.456 e. The molecule has 21 heavy (non-hydrogen) atoms. The molecular weight excluding hydrogens is 260 g/mol. The molecule has 0 spiro atoms. The van der Waals surface area contributed by atoms with Crippen LogP contribution < -0.4 is 11.1 Å². The molecule has 1 fully saturated rings. The van der Waals surface area contributed by atoms with Crippen LogP contribution in [0.2, 0.25) is 0 Å². The summed E-state index contributed by atoms with van der Waals surface area (Å²) < 4.78 is 5.87. The molecule has 3 aromatic rings. The van der Waals surface area contributed by atoms with Crippen LogP contribution in [-0.4, -0.2) is 12.6 Å². The second kappa shape index (κ2) is 5.08. The maximum Gasteiger partial charge on any atom is 0.135 e. The predicted octanol–water partition coefficient (Wildman–Crippen LogP) is 4.13. The SMILES string of the molecule is NCC1CCCC1Nc1ccc2oc3ccccc3c2c1. The zero-order valence-electron chi connectivity index (χ0n) is 12.0. The van der Waals surface area contributed by atoms with Crippen LogP contribution in [0, 0.1) is 5.92 Å². The summed E-state index contributed by atoms with van der Waals surface area (Å²) in [5.74, 6) is 0.599. The van der Waals surface area contributed by atoms with E-state index >= 15 is 0 Å². The Hall–Kier alpha value is -2.00. The number of nitrogens with two attached hydrogens (primary N) is 1. The van der Waals surface area contributed by atoms with Crippen LogP contribution in [0.15, 0.2) is 46.9 Å². The maximum atomic E-state index is 5.87. The van der Waals surface area contributed by atoms with Crippen LogP contribution in [0.25, 0.3) is 21.9 Å². The minimum atomic E-state index is 0.505. The number of nitrogens with one attached hydrogen (secondary N) is 1. The van der Waals surface area contributed by atoms with Crippen molar-refractivity contribution in [3.8, 4) is 0 Å². The first-order chi connectivity index (χ1) is 10.3. The van der Waals surface area contributed by atoms with E-state index in [0.717, 1.165) is 17.7 Å². The topological polar surface area (TPSA) is 51.2 Å². The van der Waals surface area contributed by atoms with Gasteiger partial charge in [-0.2, -0.15) is 0 Å². The Balaban J connectivity index is 1.71. The highest BCUT2D eigenvalue weighted by atomic mass is 16.3. The van der Waals surface area contributed by atoms with Gasteiger partial charge in [0.1, 0.15) is 11.2 Å². The van der Waals surface area contributed by atoms with Gasteiger partial charge in [-0.15, -0.1) is 0 Å². The molecule has 0 bridgehead atoms. The molecule has 1 aromatic heterocycles. The van der Waals surface area contributed by atoms with E-state index in [-0.39, 0.29) is 0 Å². The molecule has 4 rings (SSSR count). The quantitative estimate of drug-likeness (QED) is 0.758. The average molecular weight is 280 g/mol. The van der Waals surface area contributed by atoms with E-state index in [1.54, 1.807) is 0 Å². The number of benzene rings is 2. The highest BCUT2D eigenvalue weighted by molar-refractivity contribution is 6.05. The highest BCUT2D eigenvalue weighted by Crippen LogP contribution is 2.32. The molecule has 0 aliphatic heterocycles. The number of furan rings is 1. The molecular formula is C18H20N2O. The molecule has 3 N–H and O–H groups in total. The highest BCUT2D eigenvalue weighted by Gasteiger charge is 2.25. The molecule has 1 aliphatic carbocycles. The lowest BCUT2D eigenvalue weighted by atomic mass is 10.0. The third-order valence-corrected chi connectivity index (χ3v) is 4.69. The van der Waals surface area contributed by atoms with Gasteiger partial charge in [0.2, 0.25) is 0 Å². The van der Waals surface area contributed by atoms with E-state index in [1.807, 2.05) is 12.1 Å². The molecule has 0 radical (unpaired) electrons. The standard InChI is InChI=1S/C18H20N2O/c19-11-12-4-3-6-16(12)20-13-8-9-18-15(10-13)14-5-1-2-7-17(14)21-18/h1-2,5,7-10,12,16,20H,3-4,6,11,19H2. The zero-order valence-corrected chi connectivity index (χ0v) is 12.0. The van der Waals surface area contributed by atoms with Gasteiger partial charge in [-0.1, -0.05) is 24.6 Å². The van der Waals surface area contributed by atoms with Crippen LogP contribution in [0.3, 0.4) is 0 Å². The molecule has 108 valence electrons. The van der Waals surface area contributed by atoms with E-state index in [0.29, 0.717) is 12.0 Å². The molecule has 0 saturated heterocycles. The Morgan fingerprint density at radius 1 is 1.05 bits per heavy atom. The summed E-state index contributed by atoms with van der Waals surface area (Å²) >= 11 is 0. The van der Waals surface area contributed by atoms with Crippen molar-refractivity contribution in [3.63, 3.8) is 0 Å². The fraction of sp³-hybridized carbons (Fsp3) is 0.333. The van der Waals surface area contributed by atoms with E-state index < -0.39 is 0 Å². The number of fused-ring (bicyclic) bond motifs is 3. The maximum absolute atomic E-state index is 5.87. The lowest BCUT2D eigenvalue weighted by Gasteiger charge is -2.20. The van der Waals surface area contributed by atoms with Gasteiger partial charge in [0.05, 0.1) is 0 Å². The van der Waals surface area contributed by atoms with Gasteiger partial charge < -0.3 is 15.5 Å². The van der Waals surface area contributed by atoms with Crippen molar-refractivity contribution in [3.05, 3.63) is 42.5 Å². The first-order valence-corrected chi connectivity index (χ1v) is 7.73. The lowest BCUT2D eigenvalue weighted by molar-refractivity contribution is 0.516. The smallest absolute Gasteiger partial charge is 0.135 e. The van der Waals surface area contributed by atoms with Crippen LogP contribution in [0.4, 0.5) is 5.69 Å². The average Bonchev–Trinajstić information content (AvgIpc) is 3.11. The number of hydrogen-bond donors (Lipinski definition) is 2. The van der Waals surface area contributed by atoms with Crippen molar-refractivity contribution in [2.45, 2.75) is 25.3 Å². The van der Waals surface area contributed by atoms with Gasteiger partial charge in [-0.05, 0) is 49.6 Å². The number of rotatable bonds is 3. The van der Waals surface area contributed by atoms with Crippen LogP contribution in [0.1, 0.15) is 19.3 Å². The van der Waals surface area contributed by atoms with Crippen molar-refractivity contribution in [2.24, 2.45) is 11.7 Å². The predicted molar refractivity (Wildman–Crippen MR) is 87.5 cm³/mol. The monoisotopic (exact) mass is 280 g/mol. The van der Waals surface area contributed by atoms with E-state index in [4.69, 9.17) is 10.2 Å². The van der Waals surface area contributed by atoms with Crippen molar-refractivity contribution < 1.29 is 4.42 Å². The van der Waals surface area contributed by atoms with E-state index in [2.05, 4.69) is 35.6 Å². The second-order valence-electron chi connectivity index (χ2n) is 5.99. The van der Waals surface area contributed by atoms with Gasteiger partial charge in [0, 0.05) is 22.5 Å². The fourth-order valence-corrected chi connectivity index (χ4v) is 3.54. The minimum absolute atomic E-state index is 0.505. The summed E-state index contributed by atoms with van der Waals surface area (Å²) in [6.45, 7) is 0.772. The normalized spacial score (nSPS) is 22.1. The third-order valence-electron chi connectivity index (χ3n) is 4.69. The van der Waals surface area contributed by atoms with E-state index in [9.17, 15) is 0 Å². The Morgan fingerprint density at radius 2 is 1.90 bits per heavy atom. The molecule has 1 saturated carbocycles. The number of hydrogen-bond acceptors (Lipinski definition) is 3. The third kappa shape index (κ3) is 2.18. The van der Waals surface area contributed by atoms with Crippen LogP contribution in [0.5, 0.6) is 0 Å². The minimum Gasteiger partial charge on any atom is -0.456 e. The number of para-hydroxylation sites is 1. The van der Waals surface area contributed by atoms with Crippen molar-refractivity contribution in [2.75, 3.05) is 11.9 Å². The summed E-state index contributed by atoms with van der Waals surface area (Å²) in [6, 6.07) is 15.1. The molecule has 1 heterocycles. The first-order valence-electron chi connectivity index (χ1n) is 7.73. The van der Waals surface area contributed by atoms with Crippen LogP contribution in [-0.2, 0) is 0 Å². The summed E-state index contributed by atoms with van der Waals surface area (Å²) in [5, 5.41) is 6.02. The summed E-state index contributed by atoms with van der Waals surface area (Å²) in [7, 11) is 0. The van der Waals surface area contributed by atoms with Gasteiger partial charge in [0.25, 0.3) is 0 Å². The lowest BCUT2D eigenvalue weighted by Crippen LogP contribution is -2.29. The molecule has 2 atom stereocenters. The Labute approximate surface area is 124 Å². The summed E-state index contributed by atoms with van der Waals surface area (Å²) in [6.07, 6.45) is 3.73. The Kier molecular flexibility index (Phi) is 3.08. The second-order valence-corrected chi connectivity index (χ2v) is 5.99. The number of anilines is 1. The van der Waals surface area contributed by atoms with Crippen molar-refractivity contribution >= 4 is 27.6 Å². The first kappa shape index (κ1) is 12.7. The molecule has 0 amide bonds. The molecule has 3 nitrogen and oxygen atoms in total. The fourth-order valence-electron chi connectivity index (χ4n) is 3.54. The van der Waals surface area contributed by atoms with Crippen LogP contribution >= 0.6 is 0 Å². The van der Waals surface area contributed by atoms with Gasteiger partial charge in [0.15, 0.2) is 0 Å². The van der Waals surface area contributed by atoms with Gasteiger partial charge in [-0.25, -0.2) is 0 Å².